The van der Waals surface area contributed by atoms with Crippen LogP contribution in [0.5, 0.6) is 23.0 Å². The van der Waals surface area contributed by atoms with Gasteiger partial charge in [0.1, 0.15) is 18.5 Å². The van der Waals surface area contributed by atoms with Crippen molar-refractivity contribution in [3.63, 3.8) is 0 Å². The molecule has 0 aliphatic carbocycles. The van der Waals surface area contributed by atoms with Crippen LogP contribution in [0, 0.1) is 46.8 Å². The number of para-hydroxylation sites is 1. The minimum atomic E-state index is -1.96. The fraction of sp³-hybridized carbons (Fsp3) is 0.0400. The van der Waals surface area contributed by atoms with Gasteiger partial charge >= 0.3 is 11.9 Å². The van der Waals surface area contributed by atoms with E-state index in [1.54, 1.807) is 11.4 Å². The summed E-state index contributed by atoms with van der Waals surface area (Å²) in [7, 11) is 0.690. The number of ether oxygens (including phenoxy) is 2. The third-order valence-corrected chi connectivity index (χ3v) is 5.09. The predicted octanol–water partition coefficient (Wildman–Crippen LogP) is 6.46. The molecule has 0 spiro atoms. The standard InChI is InChI=1S/C25H12F8N2O3/c1-35-23(32)19(30)22(20(31)24(35)33)38-15-8-7-11(9-13(15)26)25(36)34-21-14(27)10-16(17(28)18(21)29)37-12-5-3-2-4-6-12/h2-10H,1H3/p+1. The van der Waals surface area contributed by atoms with Gasteiger partial charge in [0.05, 0.1) is 0 Å². The maximum absolute atomic E-state index is 14.5. The molecule has 3 aromatic carbocycles. The van der Waals surface area contributed by atoms with Gasteiger partial charge in [-0.05, 0) is 30.3 Å². The number of hydrogen-bond donors (Lipinski definition) is 1. The van der Waals surface area contributed by atoms with Crippen molar-refractivity contribution in [1.82, 2.24) is 0 Å². The molecule has 0 bridgehead atoms. The largest absolute Gasteiger partial charge is 0.454 e. The van der Waals surface area contributed by atoms with Crippen LogP contribution in [0.25, 0.3) is 0 Å². The number of carbonyl (C=O) groups excluding carboxylic acids is 1. The second kappa shape index (κ2) is 10.4. The highest BCUT2D eigenvalue weighted by atomic mass is 19.2. The summed E-state index contributed by atoms with van der Waals surface area (Å²) in [6.45, 7) is 0. The Morgan fingerprint density at radius 3 is 1.95 bits per heavy atom. The van der Waals surface area contributed by atoms with E-state index in [0.29, 0.717) is 25.2 Å². The summed E-state index contributed by atoms with van der Waals surface area (Å²) in [4.78, 5) is 12.4. The number of amides is 1. The van der Waals surface area contributed by atoms with Gasteiger partial charge in [0, 0.05) is 11.6 Å². The molecule has 0 fully saturated rings. The molecule has 1 amide bonds. The third-order valence-electron chi connectivity index (χ3n) is 5.09. The van der Waals surface area contributed by atoms with Crippen LogP contribution in [-0.4, -0.2) is 5.91 Å². The van der Waals surface area contributed by atoms with Crippen molar-refractivity contribution >= 4 is 11.6 Å². The molecule has 5 nitrogen and oxygen atoms in total. The summed E-state index contributed by atoms with van der Waals surface area (Å²) < 4.78 is 123. The van der Waals surface area contributed by atoms with Gasteiger partial charge < -0.3 is 14.8 Å². The van der Waals surface area contributed by atoms with Crippen LogP contribution in [0.15, 0.2) is 54.6 Å². The Kier molecular flexibility index (Phi) is 7.19. The number of benzene rings is 3. The van der Waals surface area contributed by atoms with Gasteiger partial charge in [-0.25, -0.2) is 13.2 Å². The van der Waals surface area contributed by atoms with Crippen molar-refractivity contribution < 1.29 is 54.0 Å². The molecule has 13 heteroatoms. The molecule has 0 radical (unpaired) electrons. The first-order valence-electron chi connectivity index (χ1n) is 10.4. The van der Waals surface area contributed by atoms with Crippen molar-refractivity contribution in [1.29, 1.82) is 0 Å². The summed E-state index contributed by atoms with van der Waals surface area (Å²) >= 11 is 0. The molecule has 4 rings (SSSR count). The molecule has 0 aliphatic rings. The molecule has 0 unspecified atom stereocenters. The van der Waals surface area contributed by atoms with Crippen LogP contribution in [0.4, 0.5) is 40.8 Å². The first-order valence-corrected chi connectivity index (χ1v) is 10.4. The molecule has 4 aromatic rings. The minimum absolute atomic E-state index is 0.0781. The van der Waals surface area contributed by atoms with Gasteiger partial charge in [0.25, 0.3) is 17.5 Å². The van der Waals surface area contributed by atoms with Crippen molar-refractivity contribution in [3.05, 3.63) is 107 Å². The SMILES string of the molecule is C[n+]1c(F)c(F)c(Oc2ccc(C(=O)Nc3c(F)cc(Oc4ccccc4)c(F)c3F)cc2F)c(F)c1F. The zero-order valence-electron chi connectivity index (χ0n) is 18.9. The topological polar surface area (TPSA) is 51.4 Å². The van der Waals surface area contributed by atoms with Crippen LogP contribution in [0.1, 0.15) is 10.4 Å². The Bertz CT molecular complexity index is 1540. The highest BCUT2D eigenvalue weighted by molar-refractivity contribution is 6.04. The van der Waals surface area contributed by atoms with Gasteiger partial charge in [0.15, 0.2) is 29.0 Å². The van der Waals surface area contributed by atoms with Crippen molar-refractivity contribution in [2.24, 2.45) is 7.05 Å². The van der Waals surface area contributed by atoms with Crippen LogP contribution < -0.4 is 19.4 Å². The van der Waals surface area contributed by atoms with E-state index in [1.807, 2.05) is 0 Å². The van der Waals surface area contributed by atoms with E-state index in [9.17, 15) is 39.9 Å². The van der Waals surface area contributed by atoms with Crippen LogP contribution in [0.3, 0.4) is 0 Å². The van der Waals surface area contributed by atoms with Gasteiger partial charge in [-0.1, -0.05) is 18.2 Å². The number of hydrogen-bond acceptors (Lipinski definition) is 3. The quantitative estimate of drug-likeness (QED) is 0.132. The number of carbonyl (C=O) groups is 1. The zero-order valence-corrected chi connectivity index (χ0v) is 18.9. The Hall–Kier alpha value is -4.68. The van der Waals surface area contributed by atoms with E-state index in [0.717, 1.165) is 6.07 Å². The lowest BCUT2D eigenvalue weighted by Gasteiger charge is -2.13. The molecule has 0 atom stereocenters. The Labute approximate surface area is 208 Å². The molecule has 196 valence electrons. The van der Waals surface area contributed by atoms with E-state index in [4.69, 9.17) is 4.74 Å². The average Bonchev–Trinajstić information content (AvgIpc) is 2.91. The lowest BCUT2D eigenvalue weighted by molar-refractivity contribution is -0.730. The van der Waals surface area contributed by atoms with E-state index in [-0.39, 0.29) is 10.3 Å². The lowest BCUT2D eigenvalue weighted by atomic mass is 10.1. The normalized spacial score (nSPS) is 10.9. The van der Waals surface area contributed by atoms with Crippen LogP contribution in [0.2, 0.25) is 0 Å². The number of rotatable bonds is 6. The Morgan fingerprint density at radius 1 is 0.711 bits per heavy atom. The Morgan fingerprint density at radius 2 is 1.34 bits per heavy atom. The molecular formula is C25H13F8N2O3+. The summed E-state index contributed by atoms with van der Waals surface area (Å²) in [5.74, 6) is -18.5. The van der Waals surface area contributed by atoms with Gasteiger partial charge in [-0.3, -0.25) is 4.79 Å². The maximum atomic E-state index is 14.5. The van der Waals surface area contributed by atoms with Gasteiger partial charge in [-0.15, -0.1) is 13.3 Å². The Balaban J connectivity index is 1.57. The zero-order chi connectivity index (χ0) is 27.7. The second-order valence-electron chi connectivity index (χ2n) is 7.57. The maximum Gasteiger partial charge on any atom is 0.402 e. The minimum Gasteiger partial charge on any atom is -0.454 e. The number of halogens is 8. The van der Waals surface area contributed by atoms with E-state index in [2.05, 4.69) is 4.74 Å². The molecule has 0 aliphatic heterocycles. The van der Waals surface area contributed by atoms with Crippen LogP contribution >= 0.6 is 0 Å². The van der Waals surface area contributed by atoms with E-state index < -0.39 is 81.2 Å². The first-order chi connectivity index (χ1) is 18.0. The molecule has 1 heterocycles. The van der Waals surface area contributed by atoms with E-state index in [1.165, 1.54) is 24.3 Å². The first kappa shape index (κ1) is 26.4. The lowest BCUT2D eigenvalue weighted by Crippen LogP contribution is -2.40. The van der Waals surface area contributed by atoms with Gasteiger partial charge in [0.2, 0.25) is 11.6 Å². The highest BCUT2D eigenvalue weighted by Gasteiger charge is 2.33. The van der Waals surface area contributed by atoms with E-state index >= 15 is 0 Å². The third kappa shape index (κ3) is 4.94. The fourth-order valence-corrected chi connectivity index (χ4v) is 3.15. The number of pyridine rings is 1. The summed E-state index contributed by atoms with van der Waals surface area (Å²) in [6, 6.07) is 9.90. The highest BCUT2D eigenvalue weighted by Crippen LogP contribution is 2.34. The predicted molar refractivity (Wildman–Crippen MR) is 115 cm³/mol. The molecular weight excluding hydrogens is 528 g/mol. The summed E-state index contributed by atoms with van der Waals surface area (Å²) in [5, 5.41) is 1.75. The van der Waals surface area contributed by atoms with Crippen molar-refractivity contribution in [3.8, 4) is 23.0 Å². The molecule has 0 saturated carbocycles. The fourth-order valence-electron chi connectivity index (χ4n) is 3.15. The smallest absolute Gasteiger partial charge is 0.402 e. The molecule has 38 heavy (non-hydrogen) atoms. The molecule has 1 aromatic heterocycles. The average molecular weight is 541 g/mol. The van der Waals surface area contributed by atoms with Gasteiger partial charge in [-0.2, -0.15) is 13.2 Å². The summed E-state index contributed by atoms with van der Waals surface area (Å²) in [6.07, 6.45) is 0. The van der Waals surface area contributed by atoms with Crippen LogP contribution in [-0.2, 0) is 7.05 Å². The number of anilines is 1. The number of nitrogens with one attached hydrogen (secondary N) is 1. The second-order valence-corrected chi connectivity index (χ2v) is 7.57. The summed E-state index contributed by atoms with van der Waals surface area (Å²) in [5.41, 5.74) is -1.79. The van der Waals surface area contributed by atoms with Crippen molar-refractivity contribution in [2.75, 3.05) is 5.32 Å². The molecule has 0 saturated heterocycles. The monoisotopic (exact) mass is 541 g/mol. The van der Waals surface area contributed by atoms with Crippen molar-refractivity contribution in [2.45, 2.75) is 0 Å². The molecule has 1 N–H and O–H groups in total. The number of aromatic nitrogens is 1. The number of nitrogens with zero attached hydrogens (tertiary/aromatic N) is 1.